The molecule has 0 radical (unpaired) electrons. The molecule has 0 aromatic heterocycles. The minimum Gasteiger partial charge on any atom is -0.490 e. The summed E-state index contributed by atoms with van der Waals surface area (Å²) in [5.74, 6) is -0.371. The second kappa shape index (κ2) is 9.03. The molecule has 0 aliphatic heterocycles. The van der Waals surface area contributed by atoms with Gasteiger partial charge in [0.2, 0.25) is 5.91 Å². The molecule has 0 saturated carbocycles. The lowest BCUT2D eigenvalue weighted by Gasteiger charge is -2.25. The van der Waals surface area contributed by atoms with Crippen LogP contribution in [0.1, 0.15) is 18.0 Å². The van der Waals surface area contributed by atoms with Crippen LogP contribution in [-0.2, 0) is 4.79 Å². The maximum atomic E-state index is 13.4. The van der Waals surface area contributed by atoms with E-state index in [0.717, 1.165) is 5.56 Å². The van der Waals surface area contributed by atoms with Crippen LogP contribution in [0.4, 0.5) is 4.39 Å². The number of likely N-dealkylation sites (N-methyl/N-ethyl adjacent to an activating group) is 1. The van der Waals surface area contributed by atoms with Gasteiger partial charge in [-0.25, -0.2) is 4.39 Å². The smallest absolute Gasteiger partial charge is 0.223 e. The minimum absolute atomic E-state index is 0.0997. The van der Waals surface area contributed by atoms with Gasteiger partial charge in [-0.05, 0) is 31.8 Å². The van der Waals surface area contributed by atoms with E-state index in [1.165, 1.54) is 6.07 Å². The van der Waals surface area contributed by atoms with E-state index in [-0.39, 0.29) is 30.7 Å². The molecule has 0 unspecified atom stereocenters. The number of halogens is 1. The molecule has 0 fully saturated rings. The van der Waals surface area contributed by atoms with Gasteiger partial charge in [-0.3, -0.25) is 4.79 Å². The second-order valence-corrected chi connectivity index (χ2v) is 5.72. The van der Waals surface area contributed by atoms with Crippen LogP contribution in [0.5, 0.6) is 5.75 Å². The lowest BCUT2D eigenvalue weighted by Crippen LogP contribution is -2.35. The highest BCUT2D eigenvalue weighted by molar-refractivity contribution is 5.76. The zero-order valence-corrected chi connectivity index (χ0v) is 14.0. The number of hydrogen-bond acceptors (Lipinski definition) is 3. The van der Waals surface area contributed by atoms with Crippen molar-refractivity contribution in [2.75, 3.05) is 27.2 Å². The largest absolute Gasteiger partial charge is 0.490 e. The number of nitrogens with zero attached hydrogens (tertiary/aromatic N) is 1. The molecule has 0 aliphatic carbocycles. The fraction of sp³-hybridized carbons (Fsp3) is 0.316. The number of benzene rings is 2. The van der Waals surface area contributed by atoms with E-state index < -0.39 is 5.82 Å². The van der Waals surface area contributed by atoms with Crippen molar-refractivity contribution in [1.29, 1.82) is 0 Å². The van der Waals surface area contributed by atoms with E-state index in [9.17, 15) is 9.18 Å². The standard InChI is InChI=1S/C19H23FN2O2/c1-22(2)17(15-8-4-3-5-9-15)14-21-19(23)12-13-24-18-11-7-6-10-16(18)20/h3-11,17H,12-14H2,1-2H3,(H,21,23)/t17-/m1/s1. The number of carbonyl (C=O) groups excluding carboxylic acids is 1. The first-order valence-corrected chi connectivity index (χ1v) is 7.93. The van der Waals surface area contributed by atoms with E-state index in [1.807, 2.05) is 44.4 Å². The third-order valence-corrected chi connectivity index (χ3v) is 3.72. The van der Waals surface area contributed by atoms with Crippen molar-refractivity contribution in [2.45, 2.75) is 12.5 Å². The Kier molecular flexibility index (Phi) is 6.75. The maximum Gasteiger partial charge on any atom is 0.223 e. The Morgan fingerprint density at radius 2 is 1.79 bits per heavy atom. The Balaban J connectivity index is 1.78. The number of amides is 1. The van der Waals surface area contributed by atoms with Crippen LogP contribution < -0.4 is 10.1 Å². The third kappa shape index (κ3) is 5.35. The Bertz CT molecular complexity index is 647. The molecule has 1 amide bonds. The monoisotopic (exact) mass is 330 g/mol. The summed E-state index contributed by atoms with van der Waals surface area (Å²) in [6, 6.07) is 16.3. The number of para-hydroxylation sites is 1. The summed E-state index contributed by atoms with van der Waals surface area (Å²) in [4.78, 5) is 14.0. The van der Waals surface area contributed by atoms with Crippen LogP contribution in [-0.4, -0.2) is 38.1 Å². The fourth-order valence-corrected chi connectivity index (χ4v) is 2.39. The molecule has 0 saturated heterocycles. The normalized spacial score (nSPS) is 12.0. The van der Waals surface area contributed by atoms with Gasteiger partial charge in [0.05, 0.1) is 19.1 Å². The lowest BCUT2D eigenvalue weighted by atomic mass is 10.1. The highest BCUT2D eigenvalue weighted by Gasteiger charge is 2.15. The summed E-state index contributed by atoms with van der Waals surface area (Å²) < 4.78 is 18.7. The van der Waals surface area contributed by atoms with Crippen molar-refractivity contribution in [1.82, 2.24) is 10.2 Å². The van der Waals surface area contributed by atoms with Gasteiger partial charge in [-0.15, -0.1) is 0 Å². The maximum absolute atomic E-state index is 13.4. The second-order valence-electron chi connectivity index (χ2n) is 5.72. The highest BCUT2D eigenvalue weighted by Crippen LogP contribution is 2.17. The molecule has 4 nitrogen and oxygen atoms in total. The molecule has 1 atom stereocenters. The van der Waals surface area contributed by atoms with Crippen molar-refractivity contribution < 1.29 is 13.9 Å². The fourth-order valence-electron chi connectivity index (χ4n) is 2.39. The molecule has 2 aromatic carbocycles. The van der Waals surface area contributed by atoms with E-state index in [4.69, 9.17) is 4.74 Å². The topological polar surface area (TPSA) is 41.6 Å². The first-order chi connectivity index (χ1) is 11.6. The number of nitrogens with one attached hydrogen (secondary N) is 1. The summed E-state index contributed by atoms with van der Waals surface area (Å²) in [7, 11) is 3.95. The van der Waals surface area contributed by atoms with Crippen molar-refractivity contribution in [3.05, 3.63) is 66.0 Å². The Hall–Kier alpha value is -2.40. The van der Waals surface area contributed by atoms with Crippen molar-refractivity contribution >= 4 is 5.91 Å². The quantitative estimate of drug-likeness (QED) is 0.809. The van der Waals surface area contributed by atoms with E-state index in [1.54, 1.807) is 18.2 Å². The Labute approximate surface area is 142 Å². The summed E-state index contributed by atoms with van der Waals surface area (Å²) >= 11 is 0. The number of carbonyl (C=O) groups is 1. The molecular weight excluding hydrogens is 307 g/mol. The summed E-state index contributed by atoms with van der Waals surface area (Å²) in [5, 5.41) is 2.91. The van der Waals surface area contributed by atoms with Gasteiger partial charge in [0.1, 0.15) is 0 Å². The summed E-state index contributed by atoms with van der Waals surface area (Å²) in [6.07, 6.45) is 0.184. The van der Waals surface area contributed by atoms with E-state index >= 15 is 0 Å². The van der Waals surface area contributed by atoms with Gasteiger partial charge in [0.15, 0.2) is 11.6 Å². The Morgan fingerprint density at radius 1 is 1.12 bits per heavy atom. The number of rotatable bonds is 8. The van der Waals surface area contributed by atoms with Gasteiger partial charge >= 0.3 is 0 Å². The Morgan fingerprint density at radius 3 is 2.46 bits per heavy atom. The predicted octanol–water partition coefficient (Wildman–Crippen LogP) is 3.01. The molecular formula is C19H23FN2O2. The SMILES string of the molecule is CN(C)[C@H](CNC(=O)CCOc1ccccc1F)c1ccccc1. The van der Waals surface area contributed by atoms with Gasteiger partial charge in [0, 0.05) is 6.54 Å². The molecule has 5 heteroatoms. The van der Waals surface area contributed by atoms with Crippen LogP contribution >= 0.6 is 0 Å². The molecule has 2 aromatic rings. The molecule has 128 valence electrons. The zero-order valence-electron chi connectivity index (χ0n) is 14.0. The van der Waals surface area contributed by atoms with Gasteiger partial charge < -0.3 is 15.0 Å². The van der Waals surface area contributed by atoms with Crippen molar-refractivity contribution in [2.24, 2.45) is 0 Å². The average Bonchev–Trinajstić information content (AvgIpc) is 2.57. The van der Waals surface area contributed by atoms with E-state index in [2.05, 4.69) is 10.2 Å². The minimum atomic E-state index is -0.422. The van der Waals surface area contributed by atoms with E-state index in [0.29, 0.717) is 6.54 Å². The van der Waals surface area contributed by atoms with Crippen molar-refractivity contribution in [3.8, 4) is 5.75 Å². The molecule has 0 aliphatic rings. The van der Waals surface area contributed by atoms with Crippen LogP contribution in [0.15, 0.2) is 54.6 Å². The number of ether oxygens (including phenoxy) is 1. The third-order valence-electron chi connectivity index (χ3n) is 3.72. The predicted molar refractivity (Wildman–Crippen MR) is 92.4 cm³/mol. The molecule has 24 heavy (non-hydrogen) atoms. The average molecular weight is 330 g/mol. The molecule has 0 bridgehead atoms. The van der Waals surface area contributed by atoms with Crippen LogP contribution in [0.2, 0.25) is 0 Å². The van der Waals surface area contributed by atoms with Crippen LogP contribution in [0, 0.1) is 5.82 Å². The first-order valence-electron chi connectivity index (χ1n) is 7.93. The molecule has 2 rings (SSSR count). The van der Waals surface area contributed by atoms with Gasteiger partial charge in [-0.2, -0.15) is 0 Å². The summed E-state index contributed by atoms with van der Waals surface area (Å²) in [6.45, 7) is 0.653. The molecule has 1 N–H and O–H groups in total. The zero-order chi connectivity index (χ0) is 17.4. The molecule has 0 spiro atoms. The molecule has 0 heterocycles. The first kappa shape index (κ1) is 17.9. The lowest BCUT2D eigenvalue weighted by molar-refractivity contribution is -0.121. The van der Waals surface area contributed by atoms with Gasteiger partial charge in [0.25, 0.3) is 0 Å². The van der Waals surface area contributed by atoms with Crippen LogP contribution in [0.25, 0.3) is 0 Å². The summed E-state index contributed by atoms with van der Waals surface area (Å²) in [5.41, 5.74) is 1.14. The van der Waals surface area contributed by atoms with Gasteiger partial charge in [-0.1, -0.05) is 42.5 Å². The number of hydrogen-bond donors (Lipinski definition) is 1. The highest BCUT2D eigenvalue weighted by atomic mass is 19.1. The van der Waals surface area contributed by atoms with Crippen LogP contribution in [0.3, 0.4) is 0 Å². The van der Waals surface area contributed by atoms with Crippen molar-refractivity contribution in [3.63, 3.8) is 0 Å².